The van der Waals surface area contributed by atoms with E-state index < -0.39 is 10.0 Å². The fourth-order valence-corrected chi connectivity index (χ4v) is 4.79. The third-order valence-corrected chi connectivity index (χ3v) is 6.75. The van der Waals surface area contributed by atoms with Crippen LogP contribution in [0.25, 0.3) is 11.1 Å². The molecule has 0 aliphatic rings. The van der Waals surface area contributed by atoms with Crippen LogP contribution < -0.4 is 14.8 Å². The summed E-state index contributed by atoms with van der Waals surface area (Å²) in [7, 11) is 2.43. The molecule has 0 atom stereocenters. The second-order valence-electron chi connectivity index (χ2n) is 8.07. The van der Waals surface area contributed by atoms with Gasteiger partial charge in [-0.25, -0.2) is 0 Å². The molecule has 0 aliphatic carbocycles. The van der Waals surface area contributed by atoms with E-state index in [1.165, 1.54) is 19.5 Å². The first-order valence-corrected chi connectivity index (χ1v) is 12.8. The van der Waals surface area contributed by atoms with Gasteiger partial charge in [0.05, 0.1) is 24.7 Å². The number of ether oxygens (including phenoxy) is 2. The number of carbonyl (C=O) groups is 1. The molecule has 0 radical (unpaired) electrons. The van der Waals surface area contributed by atoms with E-state index in [-0.39, 0.29) is 17.3 Å². The first-order chi connectivity index (χ1) is 17.1. The number of nitrogens with one attached hydrogen (secondary N) is 1. The van der Waals surface area contributed by atoms with Crippen LogP contribution in [0.3, 0.4) is 0 Å². The monoisotopic (exact) mass is 529 g/mol. The van der Waals surface area contributed by atoms with Gasteiger partial charge in [0.1, 0.15) is 17.8 Å². The molecule has 3 rings (SSSR count). The maximum atomic E-state index is 13.1. The van der Waals surface area contributed by atoms with Gasteiger partial charge in [0.25, 0.3) is 15.9 Å². The Morgan fingerprint density at radius 1 is 1.03 bits per heavy atom. The zero-order valence-corrected chi connectivity index (χ0v) is 22.1. The molecule has 0 spiro atoms. The van der Waals surface area contributed by atoms with Crippen LogP contribution in [0.1, 0.15) is 15.9 Å². The van der Waals surface area contributed by atoms with Crippen LogP contribution >= 0.6 is 11.6 Å². The van der Waals surface area contributed by atoms with Gasteiger partial charge in [-0.15, -0.1) is 4.40 Å². The molecule has 1 N–H and O–H groups in total. The van der Waals surface area contributed by atoms with Crippen LogP contribution in [0.4, 0.5) is 0 Å². The summed E-state index contributed by atoms with van der Waals surface area (Å²) in [5.41, 5.74) is 2.28. The summed E-state index contributed by atoms with van der Waals surface area (Å²) < 4.78 is 40.5. The van der Waals surface area contributed by atoms with Gasteiger partial charge in [-0.05, 0) is 53.9 Å². The zero-order valence-electron chi connectivity index (χ0n) is 20.5. The highest BCUT2D eigenvalue weighted by Crippen LogP contribution is 2.31. The second kappa shape index (κ2) is 11.9. The number of hydrogen-bond donors (Lipinski definition) is 1. The van der Waals surface area contributed by atoms with Crippen LogP contribution in [0.15, 0.2) is 70.0 Å². The first kappa shape index (κ1) is 27.0. The van der Waals surface area contributed by atoms with Crippen molar-refractivity contribution in [2.75, 3.05) is 34.9 Å². The summed E-state index contributed by atoms with van der Waals surface area (Å²) in [6.45, 7) is 0.275. The number of sulfonamides is 1. The summed E-state index contributed by atoms with van der Waals surface area (Å²) >= 11 is 6.02. The summed E-state index contributed by atoms with van der Waals surface area (Å²) in [5, 5.41) is 3.25. The largest absolute Gasteiger partial charge is 0.497 e. The van der Waals surface area contributed by atoms with Crippen molar-refractivity contribution in [3.63, 3.8) is 0 Å². The Morgan fingerprint density at radius 3 is 2.39 bits per heavy atom. The highest BCUT2D eigenvalue weighted by atomic mass is 35.5. The standard InChI is InChI=1S/C26H28ClN3O5S/c1-30(2)17-29-36(32,33)25-15-18(5-11-22(25)19-6-9-21(34-3)10-7-19)13-14-28-26(31)23-16-20(27)8-12-24(23)35-4/h5-12,15-17H,13-14H2,1-4H3,(H,28,31)/b29-17-. The number of halogens is 1. The Balaban J connectivity index is 1.87. The fraction of sp³-hybridized carbons (Fsp3) is 0.231. The molecule has 0 heterocycles. The molecule has 0 aromatic heterocycles. The SMILES string of the molecule is COc1ccc(-c2ccc(CCNC(=O)c3cc(Cl)ccc3OC)cc2S(=O)(=O)/N=C\N(C)C)cc1. The Hall–Kier alpha value is -3.56. The number of methoxy groups -OCH3 is 2. The predicted octanol–water partition coefficient (Wildman–Crippen LogP) is 4.28. The van der Waals surface area contributed by atoms with Crippen LogP contribution in [0.2, 0.25) is 5.02 Å². The molecular weight excluding hydrogens is 502 g/mol. The molecule has 36 heavy (non-hydrogen) atoms. The normalized spacial score (nSPS) is 11.4. The lowest BCUT2D eigenvalue weighted by atomic mass is 10.0. The molecule has 10 heteroatoms. The minimum absolute atomic E-state index is 0.0751. The van der Waals surface area contributed by atoms with Gasteiger partial charge < -0.3 is 19.7 Å². The fourth-order valence-electron chi connectivity index (χ4n) is 3.43. The van der Waals surface area contributed by atoms with Crippen molar-refractivity contribution in [3.05, 3.63) is 76.8 Å². The molecule has 8 nitrogen and oxygen atoms in total. The van der Waals surface area contributed by atoms with Crippen molar-refractivity contribution < 1.29 is 22.7 Å². The van der Waals surface area contributed by atoms with E-state index in [0.29, 0.717) is 39.6 Å². The highest BCUT2D eigenvalue weighted by molar-refractivity contribution is 7.90. The van der Waals surface area contributed by atoms with Gasteiger partial charge >= 0.3 is 0 Å². The Kier molecular flexibility index (Phi) is 8.95. The third kappa shape index (κ3) is 6.77. The van der Waals surface area contributed by atoms with Crippen LogP contribution in [-0.2, 0) is 16.4 Å². The maximum absolute atomic E-state index is 13.1. The van der Waals surface area contributed by atoms with E-state index in [1.807, 2.05) is 6.07 Å². The number of amides is 1. The highest BCUT2D eigenvalue weighted by Gasteiger charge is 2.20. The van der Waals surface area contributed by atoms with Gasteiger partial charge in [0, 0.05) is 31.2 Å². The van der Waals surface area contributed by atoms with Gasteiger partial charge in [-0.2, -0.15) is 8.42 Å². The molecule has 0 saturated heterocycles. The van der Waals surface area contributed by atoms with Crippen molar-refractivity contribution in [1.29, 1.82) is 0 Å². The Bertz CT molecular complexity index is 1360. The van der Waals surface area contributed by atoms with E-state index in [1.54, 1.807) is 74.6 Å². The molecule has 3 aromatic carbocycles. The topological polar surface area (TPSA) is 97.3 Å². The van der Waals surface area contributed by atoms with E-state index in [0.717, 1.165) is 5.56 Å². The summed E-state index contributed by atoms with van der Waals surface area (Å²) in [6.07, 6.45) is 1.65. The molecular formula is C26H28ClN3O5S. The lowest BCUT2D eigenvalue weighted by molar-refractivity contribution is 0.0951. The number of carbonyl (C=O) groups excluding carboxylic acids is 1. The van der Waals surface area contributed by atoms with E-state index >= 15 is 0 Å². The molecule has 0 bridgehead atoms. The van der Waals surface area contributed by atoms with Gasteiger partial charge in [0.15, 0.2) is 0 Å². The minimum atomic E-state index is -3.99. The summed E-state index contributed by atoms with van der Waals surface area (Å²) in [6, 6.07) is 17.1. The predicted molar refractivity (Wildman–Crippen MR) is 142 cm³/mol. The van der Waals surface area contributed by atoms with E-state index in [9.17, 15) is 13.2 Å². The third-order valence-electron chi connectivity index (χ3n) is 5.25. The Morgan fingerprint density at radius 2 is 1.75 bits per heavy atom. The zero-order chi connectivity index (χ0) is 26.3. The molecule has 0 saturated carbocycles. The number of rotatable bonds is 10. The number of benzene rings is 3. The number of nitrogens with zero attached hydrogens (tertiary/aromatic N) is 2. The average Bonchev–Trinajstić information content (AvgIpc) is 2.87. The van der Waals surface area contributed by atoms with E-state index in [2.05, 4.69) is 9.71 Å². The van der Waals surface area contributed by atoms with Crippen molar-refractivity contribution >= 4 is 33.9 Å². The Labute approximate surface area is 216 Å². The van der Waals surface area contributed by atoms with Gasteiger partial charge in [0.2, 0.25) is 0 Å². The summed E-state index contributed by atoms with van der Waals surface area (Å²) in [4.78, 5) is 14.3. The smallest absolute Gasteiger partial charge is 0.284 e. The summed E-state index contributed by atoms with van der Waals surface area (Å²) in [5.74, 6) is 0.734. The number of hydrogen-bond acceptors (Lipinski definition) is 5. The molecule has 190 valence electrons. The molecule has 0 aliphatic heterocycles. The maximum Gasteiger partial charge on any atom is 0.284 e. The van der Waals surface area contributed by atoms with E-state index in [4.69, 9.17) is 21.1 Å². The van der Waals surface area contributed by atoms with Crippen molar-refractivity contribution in [2.45, 2.75) is 11.3 Å². The van der Waals surface area contributed by atoms with Crippen LogP contribution in [0, 0.1) is 0 Å². The molecule has 0 unspecified atom stereocenters. The second-order valence-corrected chi connectivity index (χ2v) is 10.1. The lowest BCUT2D eigenvalue weighted by Gasteiger charge is -2.13. The van der Waals surface area contributed by atoms with Crippen molar-refractivity contribution in [1.82, 2.24) is 10.2 Å². The van der Waals surface area contributed by atoms with Crippen molar-refractivity contribution in [3.8, 4) is 22.6 Å². The lowest BCUT2D eigenvalue weighted by Crippen LogP contribution is -2.26. The molecule has 0 fully saturated rings. The van der Waals surface area contributed by atoms with Gasteiger partial charge in [-0.1, -0.05) is 35.9 Å². The van der Waals surface area contributed by atoms with Crippen LogP contribution in [0.5, 0.6) is 11.5 Å². The average molecular weight is 530 g/mol. The quantitative estimate of drug-likeness (QED) is 0.311. The van der Waals surface area contributed by atoms with Crippen molar-refractivity contribution in [2.24, 2.45) is 4.40 Å². The minimum Gasteiger partial charge on any atom is -0.497 e. The van der Waals surface area contributed by atoms with Gasteiger partial charge in [-0.3, -0.25) is 4.79 Å². The van der Waals surface area contributed by atoms with Crippen LogP contribution in [-0.4, -0.2) is 60.4 Å². The molecule has 3 aromatic rings. The molecule has 1 amide bonds. The first-order valence-electron chi connectivity index (χ1n) is 11.0.